The first kappa shape index (κ1) is 17.5. The lowest BCUT2D eigenvalue weighted by atomic mass is 9.98. The molecule has 0 saturated carbocycles. The molecule has 3 aromatic heterocycles. The molecule has 4 rings (SSSR count). The molecular formula is C19H18ClN3OS2. The SMILES string of the molecule is Cc1nn(C)c(Cl)c1/C=C/C(=O)N1CCc2sccc2C1c1cccs1. The highest BCUT2D eigenvalue weighted by Gasteiger charge is 2.32. The molecule has 1 aliphatic rings. The van der Waals surface area contributed by atoms with Crippen LogP contribution in [0.5, 0.6) is 0 Å². The van der Waals surface area contributed by atoms with E-state index in [1.165, 1.54) is 15.3 Å². The fourth-order valence-corrected chi connectivity index (χ4v) is 5.39. The molecule has 1 unspecified atom stereocenters. The van der Waals surface area contributed by atoms with Crippen molar-refractivity contribution in [2.45, 2.75) is 19.4 Å². The molecule has 7 heteroatoms. The van der Waals surface area contributed by atoms with Crippen LogP contribution in [0.3, 0.4) is 0 Å². The predicted octanol–water partition coefficient (Wildman–Crippen LogP) is 4.69. The summed E-state index contributed by atoms with van der Waals surface area (Å²) in [5.41, 5.74) is 2.86. The monoisotopic (exact) mass is 403 g/mol. The largest absolute Gasteiger partial charge is 0.327 e. The fraction of sp³-hybridized carbons (Fsp3) is 0.263. The molecule has 0 fully saturated rings. The summed E-state index contributed by atoms with van der Waals surface area (Å²) in [7, 11) is 1.80. The third kappa shape index (κ3) is 3.02. The Morgan fingerprint density at radius 1 is 1.35 bits per heavy atom. The number of carbonyl (C=O) groups excluding carboxylic acids is 1. The highest BCUT2D eigenvalue weighted by atomic mass is 35.5. The number of hydrogen-bond acceptors (Lipinski definition) is 4. The molecule has 4 nitrogen and oxygen atoms in total. The Kier molecular flexibility index (Phi) is 4.73. The van der Waals surface area contributed by atoms with E-state index in [2.05, 4.69) is 28.0 Å². The van der Waals surface area contributed by atoms with Crippen LogP contribution < -0.4 is 0 Å². The van der Waals surface area contributed by atoms with Gasteiger partial charge in [0.05, 0.1) is 11.7 Å². The van der Waals surface area contributed by atoms with E-state index in [1.807, 2.05) is 17.9 Å². The molecule has 0 aliphatic carbocycles. The first-order valence-corrected chi connectivity index (χ1v) is 10.5. The Hall–Kier alpha value is -1.89. The van der Waals surface area contributed by atoms with Crippen LogP contribution in [-0.2, 0) is 18.3 Å². The van der Waals surface area contributed by atoms with Gasteiger partial charge in [0, 0.05) is 35.0 Å². The van der Waals surface area contributed by atoms with Gasteiger partial charge in [-0.3, -0.25) is 9.48 Å². The van der Waals surface area contributed by atoms with E-state index in [4.69, 9.17) is 11.6 Å². The lowest BCUT2D eigenvalue weighted by Gasteiger charge is -2.34. The molecule has 1 amide bonds. The maximum Gasteiger partial charge on any atom is 0.247 e. The van der Waals surface area contributed by atoms with E-state index in [0.717, 1.165) is 24.2 Å². The van der Waals surface area contributed by atoms with Crippen LogP contribution in [0.25, 0.3) is 6.08 Å². The van der Waals surface area contributed by atoms with E-state index in [0.29, 0.717) is 5.15 Å². The van der Waals surface area contributed by atoms with E-state index in [9.17, 15) is 4.79 Å². The molecule has 26 heavy (non-hydrogen) atoms. The second-order valence-corrected chi connectivity index (χ2v) is 8.58. The zero-order valence-electron chi connectivity index (χ0n) is 14.5. The number of hydrogen-bond donors (Lipinski definition) is 0. The van der Waals surface area contributed by atoms with Crippen molar-refractivity contribution in [3.63, 3.8) is 0 Å². The van der Waals surface area contributed by atoms with Gasteiger partial charge in [0.2, 0.25) is 5.91 Å². The smallest absolute Gasteiger partial charge is 0.247 e. The average molecular weight is 404 g/mol. The molecule has 0 bridgehead atoms. The summed E-state index contributed by atoms with van der Waals surface area (Å²) in [4.78, 5) is 17.5. The molecule has 0 aromatic carbocycles. The Labute approximate surface area is 165 Å². The number of carbonyl (C=O) groups is 1. The van der Waals surface area contributed by atoms with E-state index >= 15 is 0 Å². The summed E-state index contributed by atoms with van der Waals surface area (Å²) in [6.07, 6.45) is 4.30. The van der Waals surface area contributed by atoms with Gasteiger partial charge in [0.25, 0.3) is 0 Å². The number of halogens is 1. The molecule has 134 valence electrons. The fourth-order valence-electron chi connectivity index (χ4n) is 3.39. The van der Waals surface area contributed by atoms with Gasteiger partial charge < -0.3 is 4.90 Å². The Balaban J connectivity index is 1.65. The Morgan fingerprint density at radius 3 is 2.88 bits per heavy atom. The lowest BCUT2D eigenvalue weighted by Crippen LogP contribution is -2.38. The normalized spacial score (nSPS) is 17.0. The number of rotatable bonds is 3. The van der Waals surface area contributed by atoms with Crippen molar-refractivity contribution in [2.24, 2.45) is 7.05 Å². The number of nitrogens with zero attached hydrogens (tertiary/aromatic N) is 3. The van der Waals surface area contributed by atoms with Crippen LogP contribution in [0.4, 0.5) is 0 Å². The van der Waals surface area contributed by atoms with Gasteiger partial charge in [-0.2, -0.15) is 5.10 Å². The summed E-state index contributed by atoms with van der Waals surface area (Å²) < 4.78 is 1.62. The summed E-state index contributed by atoms with van der Waals surface area (Å²) in [6, 6.07) is 6.29. The molecule has 1 atom stereocenters. The third-order valence-corrected chi connectivity index (χ3v) is 7.02. The van der Waals surface area contributed by atoms with Crippen molar-refractivity contribution in [3.8, 4) is 0 Å². The number of aromatic nitrogens is 2. The quantitative estimate of drug-likeness (QED) is 0.595. The van der Waals surface area contributed by atoms with Crippen LogP contribution in [-0.4, -0.2) is 27.1 Å². The van der Waals surface area contributed by atoms with Crippen molar-refractivity contribution in [3.05, 3.63) is 66.8 Å². The highest BCUT2D eigenvalue weighted by Crippen LogP contribution is 2.39. The minimum Gasteiger partial charge on any atom is -0.327 e. The van der Waals surface area contributed by atoms with Crippen LogP contribution in [0, 0.1) is 6.92 Å². The minimum absolute atomic E-state index is 0.000398. The van der Waals surface area contributed by atoms with Crippen molar-refractivity contribution in [1.82, 2.24) is 14.7 Å². The molecule has 0 saturated heterocycles. The molecule has 4 heterocycles. The van der Waals surface area contributed by atoms with Crippen LogP contribution >= 0.6 is 34.3 Å². The first-order chi connectivity index (χ1) is 12.6. The zero-order valence-corrected chi connectivity index (χ0v) is 16.9. The molecule has 3 aromatic rings. The predicted molar refractivity (Wildman–Crippen MR) is 108 cm³/mol. The Morgan fingerprint density at radius 2 is 2.19 bits per heavy atom. The van der Waals surface area contributed by atoms with Crippen molar-refractivity contribution in [1.29, 1.82) is 0 Å². The summed E-state index contributed by atoms with van der Waals surface area (Å²) in [6.45, 7) is 2.61. The molecule has 0 radical (unpaired) electrons. The minimum atomic E-state index is -0.00684. The van der Waals surface area contributed by atoms with Gasteiger partial charge >= 0.3 is 0 Å². The Bertz CT molecular complexity index is 971. The maximum atomic E-state index is 13.0. The second-order valence-electron chi connectivity index (χ2n) is 6.25. The second kappa shape index (κ2) is 7.02. The average Bonchev–Trinajstić information content (AvgIpc) is 3.35. The van der Waals surface area contributed by atoms with E-state index in [-0.39, 0.29) is 11.9 Å². The van der Waals surface area contributed by atoms with Gasteiger partial charge in [0.15, 0.2) is 0 Å². The van der Waals surface area contributed by atoms with Crippen molar-refractivity contribution >= 4 is 46.3 Å². The van der Waals surface area contributed by atoms with Gasteiger partial charge in [-0.25, -0.2) is 0 Å². The molecule has 1 aliphatic heterocycles. The van der Waals surface area contributed by atoms with E-state index < -0.39 is 0 Å². The van der Waals surface area contributed by atoms with Crippen molar-refractivity contribution < 1.29 is 4.79 Å². The zero-order chi connectivity index (χ0) is 18.3. The lowest BCUT2D eigenvalue weighted by molar-refractivity contribution is -0.127. The third-order valence-electron chi connectivity index (χ3n) is 4.65. The topological polar surface area (TPSA) is 38.1 Å². The highest BCUT2D eigenvalue weighted by molar-refractivity contribution is 7.10. The maximum absolute atomic E-state index is 13.0. The van der Waals surface area contributed by atoms with Gasteiger partial charge in [-0.05, 0) is 47.9 Å². The number of thiophene rings is 2. The summed E-state index contributed by atoms with van der Waals surface area (Å²) in [5.74, 6) is -0.000398. The van der Waals surface area contributed by atoms with Gasteiger partial charge in [-0.15, -0.1) is 22.7 Å². The van der Waals surface area contributed by atoms with Crippen molar-refractivity contribution in [2.75, 3.05) is 6.54 Å². The van der Waals surface area contributed by atoms with E-state index in [1.54, 1.807) is 46.6 Å². The van der Waals surface area contributed by atoms with Gasteiger partial charge in [0.1, 0.15) is 5.15 Å². The van der Waals surface area contributed by atoms with Gasteiger partial charge in [-0.1, -0.05) is 17.7 Å². The summed E-state index contributed by atoms with van der Waals surface area (Å²) >= 11 is 9.74. The molecule has 0 N–H and O–H groups in total. The molecule has 0 spiro atoms. The molecular weight excluding hydrogens is 386 g/mol. The standard InChI is InChI=1S/C19H18ClN3OS2/c1-12-13(19(20)22(2)21-12)5-6-17(24)23-9-7-15-14(8-11-26-15)18(23)16-4-3-10-25-16/h3-6,8,10-11,18H,7,9H2,1-2H3/b6-5+. The first-order valence-electron chi connectivity index (χ1n) is 8.33. The summed E-state index contributed by atoms with van der Waals surface area (Å²) in [5, 5.41) is 9.01. The number of amides is 1. The van der Waals surface area contributed by atoms with Crippen LogP contribution in [0.15, 0.2) is 35.0 Å². The number of aryl methyl sites for hydroxylation is 2. The number of fused-ring (bicyclic) bond motifs is 1. The van der Waals surface area contributed by atoms with Crippen LogP contribution in [0.2, 0.25) is 5.15 Å². The van der Waals surface area contributed by atoms with Crippen LogP contribution in [0.1, 0.15) is 32.6 Å².